The molecule has 1 saturated heterocycles. The molecule has 0 unspecified atom stereocenters. The van der Waals surface area contributed by atoms with Crippen molar-refractivity contribution in [2.75, 3.05) is 13.2 Å². The fourth-order valence-electron chi connectivity index (χ4n) is 3.48. The van der Waals surface area contributed by atoms with Crippen LogP contribution in [-0.4, -0.2) is 40.6 Å². The lowest BCUT2D eigenvalue weighted by Gasteiger charge is -2.32. The van der Waals surface area contributed by atoms with Crippen LogP contribution in [0, 0.1) is 11.8 Å². The lowest BCUT2D eigenvalue weighted by atomic mass is 9.86. The molecule has 2 atom stereocenters. The van der Waals surface area contributed by atoms with Gasteiger partial charge in [-0.25, -0.2) is 0 Å². The largest absolute Gasteiger partial charge is 0.381 e. The number of aromatic nitrogens is 3. The number of rotatable bonds is 4. The third-order valence-corrected chi connectivity index (χ3v) is 4.85. The van der Waals surface area contributed by atoms with Crippen LogP contribution in [-0.2, 0) is 22.4 Å². The third kappa shape index (κ3) is 3.26. The van der Waals surface area contributed by atoms with Gasteiger partial charge in [-0.3, -0.25) is 4.79 Å². The van der Waals surface area contributed by atoms with Crippen molar-refractivity contribution < 1.29 is 9.53 Å². The molecule has 0 aromatic carbocycles. The summed E-state index contributed by atoms with van der Waals surface area (Å²) in [6.45, 7) is 3.79. The lowest BCUT2D eigenvalue weighted by molar-refractivity contribution is -0.126. The van der Waals surface area contributed by atoms with Gasteiger partial charge in [0.15, 0.2) is 0 Å². The van der Waals surface area contributed by atoms with Crippen LogP contribution in [0.25, 0.3) is 0 Å². The maximum Gasteiger partial charge on any atom is 0.223 e. The molecule has 2 aliphatic rings. The number of aromatic amines is 1. The highest BCUT2D eigenvalue weighted by Crippen LogP contribution is 2.25. The first-order chi connectivity index (χ1) is 10.3. The highest BCUT2D eigenvalue weighted by atomic mass is 16.5. The summed E-state index contributed by atoms with van der Waals surface area (Å²) in [4.78, 5) is 12.5. The maximum absolute atomic E-state index is 12.5. The summed E-state index contributed by atoms with van der Waals surface area (Å²) in [7, 11) is 0. The average Bonchev–Trinajstić information content (AvgIpc) is 3.00. The van der Waals surface area contributed by atoms with E-state index in [1.165, 1.54) is 0 Å². The monoisotopic (exact) mass is 292 g/mol. The summed E-state index contributed by atoms with van der Waals surface area (Å²) in [5.74, 6) is 0.775. The Kier molecular flexibility index (Phi) is 4.53. The summed E-state index contributed by atoms with van der Waals surface area (Å²) in [5.41, 5.74) is 1.98. The molecule has 1 aliphatic heterocycles. The molecular weight excluding hydrogens is 268 g/mol. The average molecular weight is 292 g/mol. The van der Waals surface area contributed by atoms with Crippen molar-refractivity contribution in [3.8, 4) is 0 Å². The van der Waals surface area contributed by atoms with Gasteiger partial charge in [0.05, 0.1) is 11.4 Å². The molecule has 1 aliphatic carbocycles. The molecular formula is C15H24N4O2. The van der Waals surface area contributed by atoms with Gasteiger partial charge in [-0.15, -0.1) is 0 Å². The molecule has 116 valence electrons. The first-order valence-corrected chi connectivity index (χ1v) is 8.04. The van der Waals surface area contributed by atoms with Crippen molar-refractivity contribution in [1.29, 1.82) is 0 Å². The maximum atomic E-state index is 12.5. The fraction of sp³-hybridized carbons (Fsp3) is 0.800. The standard InChI is InChI=1S/C15H24N4O2/c1-2-12(10-5-7-21-8-6-10)16-15(20)11-3-4-13-14(9-11)18-19-17-13/h10-12H,2-9H2,1H3,(H,16,20)(H,17,18,19)/t11-,12+/m1/s1. The van der Waals surface area contributed by atoms with Crippen LogP contribution in [0.4, 0.5) is 0 Å². The number of hydrogen-bond donors (Lipinski definition) is 2. The Morgan fingerprint density at radius 1 is 1.33 bits per heavy atom. The first kappa shape index (κ1) is 14.5. The molecule has 0 spiro atoms. The Labute approximate surface area is 125 Å². The van der Waals surface area contributed by atoms with Crippen LogP contribution < -0.4 is 5.32 Å². The van der Waals surface area contributed by atoms with Crippen molar-refractivity contribution >= 4 is 5.91 Å². The second-order valence-electron chi connectivity index (χ2n) is 6.13. The number of nitrogens with one attached hydrogen (secondary N) is 2. The zero-order valence-corrected chi connectivity index (χ0v) is 12.6. The number of carbonyl (C=O) groups excluding carboxylic acids is 1. The SMILES string of the molecule is CC[C@H](NC(=O)[C@@H]1CCc2n[nH]nc2C1)C1CCOCC1. The number of fused-ring (bicyclic) bond motifs is 1. The smallest absolute Gasteiger partial charge is 0.223 e. The molecule has 6 heteroatoms. The topological polar surface area (TPSA) is 79.9 Å². The van der Waals surface area contributed by atoms with E-state index in [1.54, 1.807) is 0 Å². The number of ether oxygens (including phenoxy) is 1. The van der Waals surface area contributed by atoms with Crippen LogP contribution in [0.1, 0.15) is 44.0 Å². The summed E-state index contributed by atoms with van der Waals surface area (Å²) in [5, 5.41) is 14.2. The van der Waals surface area contributed by atoms with Gasteiger partial charge in [0, 0.05) is 31.6 Å². The van der Waals surface area contributed by atoms with Gasteiger partial charge in [0.1, 0.15) is 0 Å². The second-order valence-corrected chi connectivity index (χ2v) is 6.13. The van der Waals surface area contributed by atoms with Crippen LogP contribution in [0.2, 0.25) is 0 Å². The Balaban J connectivity index is 1.57. The van der Waals surface area contributed by atoms with Crippen molar-refractivity contribution in [2.45, 2.75) is 51.5 Å². The molecule has 21 heavy (non-hydrogen) atoms. The van der Waals surface area contributed by atoms with E-state index < -0.39 is 0 Å². The van der Waals surface area contributed by atoms with E-state index in [1.807, 2.05) is 0 Å². The minimum Gasteiger partial charge on any atom is -0.381 e. The molecule has 6 nitrogen and oxygen atoms in total. The highest BCUT2D eigenvalue weighted by Gasteiger charge is 2.30. The molecule has 2 N–H and O–H groups in total. The number of H-pyrrole nitrogens is 1. The van der Waals surface area contributed by atoms with E-state index in [-0.39, 0.29) is 17.9 Å². The number of nitrogens with zero attached hydrogens (tertiary/aromatic N) is 2. The number of carbonyl (C=O) groups is 1. The molecule has 3 rings (SSSR count). The van der Waals surface area contributed by atoms with Crippen molar-refractivity contribution in [2.24, 2.45) is 11.8 Å². The molecule has 0 bridgehead atoms. The van der Waals surface area contributed by atoms with Gasteiger partial charge in [-0.2, -0.15) is 15.4 Å². The van der Waals surface area contributed by atoms with Crippen LogP contribution in [0.3, 0.4) is 0 Å². The van der Waals surface area contributed by atoms with E-state index in [9.17, 15) is 4.79 Å². The fourth-order valence-corrected chi connectivity index (χ4v) is 3.48. The van der Waals surface area contributed by atoms with Gasteiger partial charge >= 0.3 is 0 Å². The van der Waals surface area contributed by atoms with Crippen molar-refractivity contribution in [1.82, 2.24) is 20.7 Å². The van der Waals surface area contributed by atoms with E-state index >= 15 is 0 Å². The molecule has 1 aromatic rings. The number of aryl methyl sites for hydroxylation is 1. The second kappa shape index (κ2) is 6.56. The van der Waals surface area contributed by atoms with Gasteiger partial charge in [0.2, 0.25) is 5.91 Å². The Morgan fingerprint density at radius 2 is 2.10 bits per heavy atom. The normalized spacial score (nSPS) is 24.3. The van der Waals surface area contributed by atoms with Crippen molar-refractivity contribution in [3.63, 3.8) is 0 Å². The molecule has 1 aromatic heterocycles. The van der Waals surface area contributed by atoms with Gasteiger partial charge in [-0.05, 0) is 38.0 Å². The predicted octanol–water partition coefficient (Wildman–Crippen LogP) is 1.23. The minimum atomic E-state index is 0.0384. The molecule has 2 heterocycles. The molecule has 1 amide bonds. The van der Waals surface area contributed by atoms with E-state index in [2.05, 4.69) is 27.7 Å². The Hall–Kier alpha value is -1.43. The molecule has 0 saturated carbocycles. The molecule has 1 fully saturated rings. The van der Waals surface area contributed by atoms with Crippen LogP contribution in [0.15, 0.2) is 0 Å². The summed E-state index contributed by atoms with van der Waals surface area (Å²) in [6, 6.07) is 0.278. The third-order valence-electron chi connectivity index (χ3n) is 4.85. The van der Waals surface area contributed by atoms with E-state index in [0.717, 1.165) is 56.7 Å². The van der Waals surface area contributed by atoms with Crippen molar-refractivity contribution in [3.05, 3.63) is 11.4 Å². The number of amides is 1. The van der Waals surface area contributed by atoms with Gasteiger partial charge in [-0.1, -0.05) is 6.92 Å². The zero-order chi connectivity index (χ0) is 14.7. The van der Waals surface area contributed by atoms with Gasteiger partial charge in [0.25, 0.3) is 0 Å². The summed E-state index contributed by atoms with van der Waals surface area (Å²) < 4.78 is 5.41. The van der Waals surface area contributed by atoms with Gasteiger partial charge < -0.3 is 10.1 Å². The predicted molar refractivity (Wildman–Crippen MR) is 77.7 cm³/mol. The van der Waals surface area contributed by atoms with E-state index in [0.29, 0.717) is 12.3 Å². The van der Waals surface area contributed by atoms with Crippen LogP contribution in [0.5, 0.6) is 0 Å². The zero-order valence-electron chi connectivity index (χ0n) is 12.6. The van der Waals surface area contributed by atoms with Crippen LogP contribution >= 0.6 is 0 Å². The lowest BCUT2D eigenvalue weighted by Crippen LogP contribution is -2.45. The Morgan fingerprint density at radius 3 is 2.86 bits per heavy atom. The Bertz CT molecular complexity index is 482. The quantitative estimate of drug-likeness (QED) is 0.875. The summed E-state index contributed by atoms with van der Waals surface area (Å²) in [6.07, 6.45) is 5.52. The first-order valence-electron chi connectivity index (χ1n) is 8.04. The number of hydrogen-bond acceptors (Lipinski definition) is 4. The molecule has 0 radical (unpaired) electrons. The minimum absolute atomic E-state index is 0.0384. The summed E-state index contributed by atoms with van der Waals surface area (Å²) >= 11 is 0. The highest BCUT2D eigenvalue weighted by molar-refractivity contribution is 5.79. The van der Waals surface area contributed by atoms with E-state index in [4.69, 9.17) is 4.74 Å².